The number of carboxylic acid groups (broad SMARTS) is 1. The van der Waals surface area contributed by atoms with Crippen LogP contribution in [0.1, 0.15) is 26.4 Å². The Kier molecular flexibility index (Phi) is 6.13. The van der Waals surface area contributed by atoms with Crippen molar-refractivity contribution in [1.82, 2.24) is 4.98 Å². The molecule has 3 N–H and O–H groups in total. The summed E-state index contributed by atoms with van der Waals surface area (Å²) < 4.78 is 28.5. The van der Waals surface area contributed by atoms with Crippen molar-refractivity contribution in [3.63, 3.8) is 0 Å². The zero-order chi connectivity index (χ0) is 22.7. The van der Waals surface area contributed by atoms with Crippen LogP contribution in [0, 0.1) is 11.6 Å². The zero-order valence-electron chi connectivity index (χ0n) is 16.7. The predicted molar refractivity (Wildman–Crippen MR) is 119 cm³/mol. The maximum absolute atomic E-state index is 14.2. The van der Waals surface area contributed by atoms with E-state index in [0.717, 1.165) is 5.56 Å². The Hall–Kier alpha value is -3.78. The number of halogens is 2. The number of hydrogen-bond donors (Lipinski definition) is 3. The van der Waals surface area contributed by atoms with Gasteiger partial charge in [0.25, 0.3) is 0 Å². The SMILES string of the molecule is O=C(O)c1ccc(CNc2nc(-c3cccc(O)c3)c(Cc3c(F)cccc3F)s2)cc1. The third kappa shape index (κ3) is 4.76. The number of hydrogen-bond acceptors (Lipinski definition) is 5. The molecule has 5 nitrogen and oxygen atoms in total. The molecule has 1 aromatic heterocycles. The van der Waals surface area contributed by atoms with Gasteiger partial charge in [-0.25, -0.2) is 18.6 Å². The first-order valence-electron chi connectivity index (χ1n) is 9.69. The second kappa shape index (κ2) is 9.15. The number of benzene rings is 3. The molecule has 1 heterocycles. The number of nitrogens with one attached hydrogen (secondary N) is 1. The van der Waals surface area contributed by atoms with E-state index in [0.29, 0.717) is 27.8 Å². The van der Waals surface area contributed by atoms with E-state index in [9.17, 15) is 18.7 Å². The molecule has 0 unspecified atom stereocenters. The van der Waals surface area contributed by atoms with E-state index in [1.807, 2.05) is 0 Å². The number of anilines is 1. The Morgan fingerprint density at radius 3 is 2.34 bits per heavy atom. The first-order chi connectivity index (χ1) is 15.4. The number of aromatic carboxylic acids is 1. The molecule has 0 bridgehead atoms. The molecule has 0 spiro atoms. The van der Waals surface area contributed by atoms with Gasteiger partial charge >= 0.3 is 5.97 Å². The van der Waals surface area contributed by atoms with Gasteiger partial charge in [-0.05, 0) is 42.0 Å². The fourth-order valence-corrected chi connectivity index (χ4v) is 4.22. The summed E-state index contributed by atoms with van der Waals surface area (Å²) in [6.07, 6.45) is 0.0101. The van der Waals surface area contributed by atoms with Gasteiger partial charge in [-0.2, -0.15) is 0 Å². The average molecular weight is 452 g/mol. The van der Waals surface area contributed by atoms with Crippen LogP contribution in [0.15, 0.2) is 66.7 Å². The van der Waals surface area contributed by atoms with E-state index in [4.69, 9.17) is 5.11 Å². The Morgan fingerprint density at radius 1 is 1.00 bits per heavy atom. The van der Waals surface area contributed by atoms with E-state index < -0.39 is 17.6 Å². The summed E-state index contributed by atoms with van der Waals surface area (Å²) >= 11 is 1.27. The number of carbonyl (C=O) groups is 1. The van der Waals surface area contributed by atoms with Crippen molar-refractivity contribution in [1.29, 1.82) is 0 Å². The van der Waals surface area contributed by atoms with Gasteiger partial charge in [0, 0.05) is 29.0 Å². The highest BCUT2D eigenvalue weighted by Crippen LogP contribution is 2.35. The number of nitrogens with zero attached hydrogens (tertiary/aromatic N) is 1. The molecule has 4 aromatic rings. The van der Waals surface area contributed by atoms with Crippen LogP contribution in [-0.4, -0.2) is 21.2 Å². The van der Waals surface area contributed by atoms with Crippen molar-refractivity contribution in [2.24, 2.45) is 0 Å². The summed E-state index contributed by atoms with van der Waals surface area (Å²) in [5.41, 5.74) is 2.16. The number of rotatable bonds is 7. The first kappa shape index (κ1) is 21.5. The molecule has 0 atom stereocenters. The van der Waals surface area contributed by atoms with E-state index in [-0.39, 0.29) is 23.3 Å². The van der Waals surface area contributed by atoms with Gasteiger partial charge in [-0.15, -0.1) is 11.3 Å². The van der Waals surface area contributed by atoms with Gasteiger partial charge < -0.3 is 15.5 Å². The van der Waals surface area contributed by atoms with Crippen LogP contribution in [0.3, 0.4) is 0 Å². The molecule has 8 heteroatoms. The number of thiazole rings is 1. The van der Waals surface area contributed by atoms with Gasteiger partial charge in [0.1, 0.15) is 17.4 Å². The van der Waals surface area contributed by atoms with Crippen molar-refractivity contribution in [2.45, 2.75) is 13.0 Å². The Bertz CT molecular complexity index is 1250. The Morgan fingerprint density at radius 2 is 1.69 bits per heavy atom. The van der Waals surface area contributed by atoms with E-state index in [1.165, 1.54) is 47.7 Å². The molecule has 162 valence electrons. The van der Waals surface area contributed by atoms with Gasteiger partial charge in [-0.3, -0.25) is 0 Å². The molecule has 32 heavy (non-hydrogen) atoms. The third-order valence-electron chi connectivity index (χ3n) is 4.86. The standard InChI is InChI=1S/C24H18F2N2O3S/c25-19-5-2-6-20(26)18(19)12-21-22(16-3-1-4-17(29)11-16)28-24(32-21)27-13-14-7-9-15(10-8-14)23(30)31/h1-11,29H,12-13H2,(H,27,28)(H,30,31). The highest BCUT2D eigenvalue weighted by molar-refractivity contribution is 7.16. The van der Waals surface area contributed by atoms with E-state index in [2.05, 4.69) is 10.3 Å². The fourth-order valence-electron chi connectivity index (χ4n) is 3.23. The topological polar surface area (TPSA) is 82.5 Å². The van der Waals surface area contributed by atoms with Crippen molar-refractivity contribution in [2.75, 3.05) is 5.32 Å². The van der Waals surface area contributed by atoms with Crippen molar-refractivity contribution < 1.29 is 23.8 Å². The highest BCUT2D eigenvalue weighted by Gasteiger charge is 2.18. The minimum absolute atomic E-state index is 0.0101. The van der Waals surface area contributed by atoms with Crippen molar-refractivity contribution in [3.05, 3.63) is 99.9 Å². The lowest BCUT2D eigenvalue weighted by Crippen LogP contribution is -2.00. The lowest BCUT2D eigenvalue weighted by molar-refractivity contribution is 0.0697. The molecule has 0 fully saturated rings. The molecule has 3 aromatic carbocycles. The first-order valence-corrected chi connectivity index (χ1v) is 10.5. The smallest absolute Gasteiger partial charge is 0.335 e. The molecule has 0 aliphatic heterocycles. The number of carboxylic acids is 1. The second-order valence-corrected chi connectivity index (χ2v) is 8.16. The maximum Gasteiger partial charge on any atom is 0.335 e. The largest absolute Gasteiger partial charge is 0.508 e. The van der Waals surface area contributed by atoms with Gasteiger partial charge in [0.05, 0.1) is 11.3 Å². The maximum atomic E-state index is 14.2. The minimum Gasteiger partial charge on any atom is -0.508 e. The minimum atomic E-state index is -0.995. The fraction of sp³-hybridized carbons (Fsp3) is 0.0833. The van der Waals surface area contributed by atoms with Gasteiger partial charge in [0.2, 0.25) is 0 Å². The van der Waals surface area contributed by atoms with Gasteiger partial charge in [0.15, 0.2) is 5.13 Å². The molecular weight excluding hydrogens is 434 g/mol. The van der Waals surface area contributed by atoms with Gasteiger partial charge in [-0.1, -0.05) is 30.3 Å². The Labute approximate surface area is 186 Å². The van der Waals surface area contributed by atoms with Crippen LogP contribution in [0.2, 0.25) is 0 Å². The van der Waals surface area contributed by atoms with Crippen LogP contribution >= 0.6 is 11.3 Å². The lowest BCUT2D eigenvalue weighted by atomic mass is 10.1. The molecule has 0 amide bonds. The number of aromatic nitrogens is 1. The predicted octanol–water partition coefficient (Wildman–Crippen LogP) is 5.70. The summed E-state index contributed by atoms with van der Waals surface area (Å²) in [4.78, 5) is 16.2. The summed E-state index contributed by atoms with van der Waals surface area (Å²) in [7, 11) is 0. The van der Waals surface area contributed by atoms with Crippen LogP contribution in [0.25, 0.3) is 11.3 Å². The highest BCUT2D eigenvalue weighted by atomic mass is 32.1. The zero-order valence-corrected chi connectivity index (χ0v) is 17.5. The summed E-state index contributed by atoms with van der Waals surface area (Å²) in [6, 6.07) is 16.7. The average Bonchev–Trinajstić information content (AvgIpc) is 3.18. The molecule has 0 aliphatic carbocycles. The molecule has 0 saturated heterocycles. The molecule has 0 saturated carbocycles. The molecule has 0 aliphatic rings. The third-order valence-corrected chi connectivity index (χ3v) is 5.87. The van der Waals surface area contributed by atoms with Crippen LogP contribution in [-0.2, 0) is 13.0 Å². The second-order valence-electron chi connectivity index (χ2n) is 7.07. The van der Waals surface area contributed by atoms with Crippen molar-refractivity contribution in [3.8, 4) is 17.0 Å². The normalized spacial score (nSPS) is 10.8. The molecule has 4 rings (SSSR count). The number of phenols is 1. The lowest BCUT2D eigenvalue weighted by Gasteiger charge is -2.06. The van der Waals surface area contributed by atoms with Crippen LogP contribution in [0.5, 0.6) is 5.75 Å². The monoisotopic (exact) mass is 452 g/mol. The summed E-state index contributed by atoms with van der Waals surface area (Å²) in [5.74, 6) is -2.20. The van der Waals surface area contributed by atoms with E-state index in [1.54, 1.807) is 30.3 Å². The quantitative estimate of drug-likeness (QED) is 0.335. The Balaban J connectivity index is 1.63. The van der Waals surface area contributed by atoms with E-state index >= 15 is 0 Å². The van der Waals surface area contributed by atoms with Crippen LogP contribution in [0.4, 0.5) is 13.9 Å². The number of phenolic OH excluding ortho intramolecular Hbond substituents is 1. The molecular formula is C24H18F2N2O3S. The van der Waals surface area contributed by atoms with Crippen LogP contribution < -0.4 is 5.32 Å². The van der Waals surface area contributed by atoms with Crippen molar-refractivity contribution >= 4 is 22.4 Å². The molecule has 0 radical (unpaired) electrons. The summed E-state index contributed by atoms with van der Waals surface area (Å²) in [5, 5.41) is 22.6. The number of aromatic hydroxyl groups is 1. The summed E-state index contributed by atoms with van der Waals surface area (Å²) in [6.45, 7) is 0.389.